The van der Waals surface area contributed by atoms with Gasteiger partial charge in [-0.05, 0) is 35.4 Å². The summed E-state index contributed by atoms with van der Waals surface area (Å²) in [6, 6.07) is 11.4. The summed E-state index contributed by atoms with van der Waals surface area (Å²) >= 11 is 0. The summed E-state index contributed by atoms with van der Waals surface area (Å²) in [5.41, 5.74) is 3.61. The zero-order chi connectivity index (χ0) is 24.2. The molecule has 0 fully saturated rings. The van der Waals surface area contributed by atoms with Gasteiger partial charge >= 0.3 is 0 Å². The predicted molar refractivity (Wildman–Crippen MR) is 123 cm³/mol. The van der Waals surface area contributed by atoms with E-state index in [4.69, 9.17) is 9.47 Å². The summed E-state index contributed by atoms with van der Waals surface area (Å²) in [5, 5.41) is 7.25. The van der Waals surface area contributed by atoms with Crippen LogP contribution in [0.1, 0.15) is 32.9 Å². The number of fused-ring (bicyclic) bond motifs is 1. The van der Waals surface area contributed by atoms with Crippen molar-refractivity contribution in [2.75, 3.05) is 20.8 Å². The molecule has 4 rings (SSSR count). The summed E-state index contributed by atoms with van der Waals surface area (Å²) in [6.07, 6.45) is 0.823. The molecule has 2 amide bonds. The minimum absolute atomic E-state index is 0.0422. The molecule has 1 aromatic heterocycles. The Balaban J connectivity index is 1.45. The van der Waals surface area contributed by atoms with Gasteiger partial charge < -0.3 is 19.7 Å². The van der Waals surface area contributed by atoms with Crippen molar-refractivity contribution in [3.8, 4) is 11.5 Å². The number of aromatic nitrogens is 2. The smallest absolute Gasteiger partial charge is 0.272 e. The first-order valence-electron chi connectivity index (χ1n) is 11.0. The Hall–Kier alpha value is -3.88. The molecular formula is C25H27FN4O4. The molecule has 1 N–H and O–H groups in total. The van der Waals surface area contributed by atoms with Crippen LogP contribution in [-0.4, -0.2) is 47.3 Å². The number of ether oxygens (including phenoxy) is 2. The highest BCUT2D eigenvalue weighted by Gasteiger charge is 2.29. The van der Waals surface area contributed by atoms with Crippen molar-refractivity contribution in [3.05, 3.63) is 76.4 Å². The number of hydrogen-bond acceptors (Lipinski definition) is 5. The first-order valence-corrected chi connectivity index (χ1v) is 11.0. The molecular weight excluding hydrogens is 439 g/mol. The van der Waals surface area contributed by atoms with Crippen molar-refractivity contribution in [1.29, 1.82) is 0 Å². The monoisotopic (exact) mass is 466 g/mol. The van der Waals surface area contributed by atoms with Gasteiger partial charge in [0.1, 0.15) is 5.82 Å². The highest BCUT2D eigenvalue weighted by atomic mass is 19.1. The molecule has 0 saturated carbocycles. The number of amides is 2. The number of nitrogens with zero attached hydrogens (tertiary/aromatic N) is 3. The number of hydrogen-bond donors (Lipinski definition) is 1. The maximum atomic E-state index is 13.1. The maximum Gasteiger partial charge on any atom is 0.272 e. The van der Waals surface area contributed by atoms with E-state index in [1.807, 2.05) is 6.07 Å². The lowest BCUT2D eigenvalue weighted by Gasteiger charge is -2.28. The lowest BCUT2D eigenvalue weighted by molar-refractivity contribution is -0.131. The van der Waals surface area contributed by atoms with E-state index in [0.717, 1.165) is 22.4 Å². The highest BCUT2D eigenvalue weighted by Crippen LogP contribution is 2.28. The zero-order valence-electron chi connectivity index (χ0n) is 19.4. The molecule has 0 unspecified atom stereocenters. The van der Waals surface area contributed by atoms with Crippen LogP contribution in [0.25, 0.3) is 0 Å². The molecule has 1 aliphatic heterocycles. The number of rotatable bonds is 7. The van der Waals surface area contributed by atoms with E-state index in [-0.39, 0.29) is 30.6 Å². The van der Waals surface area contributed by atoms with Crippen molar-refractivity contribution in [1.82, 2.24) is 20.0 Å². The van der Waals surface area contributed by atoms with Gasteiger partial charge in [-0.1, -0.05) is 18.2 Å². The van der Waals surface area contributed by atoms with E-state index in [0.29, 0.717) is 36.7 Å². The molecule has 0 saturated heterocycles. The Morgan fingerprint density at radius 3 is 2.47 bits per heavy atom. The maximum absolute atomic E-state index is 13.1. The number of benzene rings is 2. The first kappa shape index (κ1) is 23.3. The van der Waals surface area contributed by atoms with Gasteiger partial charge in [0.25, 0.3) is 5.91 Å². The highest BCUT2D eigenvalue weighted by molar-refractivity contribution is 5.94. The first-order chi connectivity index (χ1) is 16.4. The summed E-state index contributed by atoms with van der Waals surface area (Å²) in [5.74, 6) is 0.482. The predicted octanol–water partition coefficient (Wildman–Crippen LogP) is 2.63. The van der Waals surface area contributed by atoms with E-state index >= 15 is 0 Å². The van der Waals surface area contributed by atoms with Crippen LogP contribution in [-0.2, 0) is 37.8 Å². The van der Waals surface area contributed by atoms with Crippen LogP contribution in [0, 0.1) is 5.82 Å². The normalized spacial score (nSPS) is 12.8. The largest absolute Gasteiger partial charge is 0.493 e. The average molecular weight is 467 g/mol. The molecule has 0 spiro atoms. The Morgan fingerprint density at radius 2 is 1.76 bits per heavy atom. The van der Waals surface area contributed by atoms with Crippen LogP contribution < -0.4 is 14.8 Å². The minimum atomic E-state index is -0.327. The molecule has 2 aromatic carbocycles. The quantitative estimate of drug-likeness (QED) is 0.579. The summed E-state index contributed by atoms with van der Waals surface area (Å²) < 4.78 is 25.4. The Kier molecular flexibility index (Phi) is 6.81. The second-order valence-corrected chi connectivity index (χ2v) is 8.14. The fourth-order valence-corrected chi connectivity index (χ4v) is 4.13. The Morgan fingerprint density at radius 1 is 1.06 bits per heavy atom. The third-order valence-electron chi connectivity index (χ3n) is 5.98. The van der Waals surface area contributed by atoms with Gasteiger partial charge in [-0.15, -0.1) is 0 Å². The Labute approximate surface area is 197 Å². The number of nitrogens with one attached hydrogen (secondary N) is 1. The molecule has 0 radical (unpaired) electrons. The van der Waals surface area contributed by atoms with Gasteiger partial charge in [0.2, 0.25) is 5.91 Å². The van der Waals surface area contributed by atoms with E-state index in [1.165, 1.54) is 12.1 Å². The number of methoxy groups -OCH3 is 2. The lowest BCUT2D eigenvalue weighted by Crippen LogP contribution is -2.38. The minimum Gasteiger partial charge on any atom is -0.493 e. The molecule has 0 aliphatic carbocycles. The molecule has 178 valence electrons. The fourth-order valence-electron chi connectivity index (χ4n) is 4.13. The lowest BCUT2D eigenvalue weighted by atomic mass is 10.0. The topological polar surface area (TPSA) is 85.7 Å². The van der Waals surface area contributed by atoms with E-state index < -0.39 is 0 Å². The average Bonchev–Trinajstić information content (AvgIpc) is 3.19. The third kappa shape index (κ3) is 4.88. The SMILES string of the molecule is COc1ccc(CC(=O)N2CCc3c(c(C(=O)NCc4ccc(F)cc4)nn3C)C2)cc1OC. The fraction of sp³-hybridized carbons (Fsp3) is 0.320. The van der Waals surface area contributed by atoms with Crippen molar-refractivity contribution in [3.63, 3.8) is 0 Å². The molecule has 3 aromatic rings. The molecule has 8 nitrogen and oxygen atoms in total. The van der Waals surface area contributed by atoms with Crippen molar-refractivity contribution in [2.24, 2.45) is 7.05 Å². The molecule has 34 heavy (non-hydrogen) atoms. The van der Waals surface area contributed by atoms with Crippen molar-refractivity contribution in [2.45, 2.75) is 25.9 Å². The van der Waals surface area contributed by atoms with E-state index in [1.54, 1.807) is 55.1 Å². The van der Waals surface area contributed by atoms with Crippen LogP contribution >= 0.6 is 0 Å². The molecule has 0 atom stereocenters. The van der Waals surface area contributed by atoms with Gasteiger partial charge in [-0.3, -0.25) is 14.3 Å². The van der Waals surface area contributed by atoms with Crippen LogP contribution in [0.2, 0.25) is 0 Å². The number of carbonyl (C=O) groups excluding carboxylic acids is 2. The van der Waals surface area contributed by atoms with Gasteiger partial charge in [0.05, 0.1) is 20.6 Å². The van der Waals surface area contributed by atoms with Gasteiger partial charge in [0, 0.05) is 44.4 Å². The zero-order valence-corrected chi connectivity index (χ0v) is 19.4. The van der Waals surface area contributed by atoms with E-state index in [9.17, 15) is 14.0 Å². The van der Waals surface area contributed by atoms with Gasteiger partial charge in [-0.2, -0.15) is 5.10 Å². The Bertz CT molecular complexity index is 1210. The number of carbonyl (C=O) groups is 2. The summed E-state index contributed by atoms with van der Waals surface area (Å²) in [7, 11) is 4.92. The second-order valence-electron chi connectivity index (χ2n) is 8.14. The summed E-state index contributed by atoms with van der Waals surface area (Å²) in [4.78, 5) is 27.7. The van der Waals surface area contributed by atoms with Crippen molar-refractivity contribution < 1.29 is 23.5 Å². The third-order valence-corrected chi connectivity index (χ3v) is 5.98. The van der Waals surface area contributed by atoms with Crippen LogP contribution in [0.4, 0.5) is 4.39 Å². The number of halogens is 1. The molecule has 2 heterocycles. The van der Waals surface area contributed by atoms with Crippen LogP contribution in [0.15, 0.2) is 42.5 Å². The van der Waals surface area contributed by atoms with Crippen LogP contribution in [0.3, 0.4) is 0 Å². The second kappa shape index (κ2) is 9.94. The van der Waals surface area contributed by atoms with Crippen molar-refractivity contribution >= 4 is 11.8 Å². The number of aryl methyl sites for hydroxylation is 1. The van der Waals surface area contributed by atoms with Gasteiger partial charge in [-0.25, -0.2) is 4.39 Å². The molecule has 0 bridgehead atoms. The molecule has 9 heteroatoms. The van der Waals surface area contributed by atoms with E-state index in [2.05, 4.69) is 10.4 Å². The summed E-state index contributed by atoms with van der Waals surface area (Å²) in [6.45, 7) is 1.12. The van der Waals surface area contributed by atoms with Gasteiger partial charge in [0.15, 0.2) is 17.2 Å². The molecule has 1 aliphatic rings. The standard InChI is InChI=1S/C25H27FN4O4/c1-29-20-10-11-30(23(31)13-17-6-9-21(33-2)22(12-17)34-3)15-19(20)24(28-29)25(32)27-14-16-4-7-18(26)8-5-16/h4-9,12H,10-11,13-15H2,1-3H3,(H,27,32). The van der Waals surface area contributed by atoms with Crippen LogP contribution in [0.5, 0.6) is 11.5 Å².